The van der Waals surface area contributed by atoms with Gasteiger partial charge in [0.25, 0.3) is 23.6 Å². The van der Waals surface area contributed by atoms with Crippen LogP contribution in [0.1, 0.15) is 24.3 Å². The zero-order valence-corrected chi connectivity index (χ0v) is 24.6. The maximum absolute atomic E-state index is 13.7. The highest BCUT2D eigenvalue weighted by Crippen LogP contribution is 2.66. The number of halogens is 5. The van der Waals surface area contributed by atoms with Crippen LogP contribution in [-0.4, -0.2) is 66.2 Å². The summed E-state index contributed by atoms with van der Waals surface area (Å²) < 4.78 is 5.87. The minimum absolute atomic E-state index is 0.0692. The van der Waals surface area contributed by atoms with Crippen LogP contribution in [0.3, 0.4) is 0 Å². The summed E-state index contributed by atoms with van der Waals surface area (Å²) in [6.07, 6.45) is 1.65. The molecule has 1 aromatic carbocycles. The Bertz CT molecular complexity index is 1290. The maximum Gasteiger partial charge on any atom is 0.257 e. The number of aromatic hydroxyl groups is 1. The molecule has 6 atom stereocenters. The Hall–Kier alpha value is -1.18. The van der Waals surface area contributed by atoms with Gasteiger partial charge >= 0.3 is 0 Å². The van der Waals surface area contributed by atoms with Crippen LogP contribution >= 0.6 is 71.0 Å². The van der Waals surface area contributed by atoms with E-state index in [4.69, 9.17) is 27.9 Å². The number of rotatable bonds is 3. The van der Waals surface area contributed by atoms with Crippen LogP contribution < -0.4 is 4.74 Å². The smallest absolute Gasteiger partial charge is 0.257 e. The second kappa shape index (κ2) is 8.67. The van der Waals surface area contributed by atoms with E-state index in [1.54, 1.807) is 6.08 Å². The molecule has 0 aromatic heterocycles. The Kier molecular flexibility index (Phi) is 6.36. The van der Waals surface area contributed by atoms with Crippen molar-refractivity contribution in [1.82, 2.24) is 9.96 Å². The first-order valence-corrected chi connectivity index (χ1v) is 14.1. The van der Waals surface area contributed by atoms with E-state index in [2.05, 4.69) is 47.8 Å². The predicted molar refractivity (Wildman–Crippen MR) is 137 cm³/mol. The molecular weight excluding hydrogens is 715 g/mol. The van der Waals surface area contributed by atoms with Gasteiger partial charge in [-0.2, -0.15) is 5.06 Å². The Labute approximate surface area is 240 Å². The normalized spacial score (nSPS) is 35.6. The number of fused-ring (bicyclic) bond motifs is 4. The number of carbonyl (C=O) groups excluding carboxylic acids is 4. The molecule has 2 saturated heterocycles. The lowest BCUT2D eigenvalue weighted by atomic mass is 9.56. The number of hydroxylamine groups is 2. The van der Waals surface area contributed by atoms with Crippen molar-refractivity contribution in [2.75, 3.05) is 12.6 Å². The number of alkyl halides is 3. The number of likely N-dealkylation sites (tertiary alicyclic amines) is 1. The van der Waals surface area contributed by atoms with E-state index in [0.29, 0.717) is 15.6 Å². The summed E-state index contributed by atoms with van der Waals surface area (Å²) in [5, 5.41) is 20.7. The number of carbonyl (C=O) groups is 4. The number of allylic oxidation sites excluding steroid dienone is 2. The lowest BCUT2D eigenvalue weighted by Crippen LogP contribution is -2.60. The summed E-state index contributed by atoms with van der Waals surface area (Å²) >= 11 is 24.2. The monoisotopic (exact) mass is 728 g/mol. The molecule has 4 aliphatic rings. The largest absolute Gasteiger partial charge is 0.503 e. The fourth-order valence-electron chi connectivity index (χ4n) is 6.06. The molecule has 5 rings (SSSR count). The van der Waals surface area contributed by atoms with Crippen molar-refractivity contribution < 1.29 is 34.2 Å². The topological polar surface area (TPSA) is 124 Å². The first-order valence-electron chi connectivity index (χ1n) is 10.7. The highest BCUT2D eigenvalue weighted by Gasteiger charge is 2.76. The van der Waals surface area contributed by atoms with Crippen LogP contribution in [0.15, 0.2) is 26.7 Å². The van der Waals surface area contributed by atoms with Gasteiger partial charge in [-0.1, -0.05) is 27.6 Å². The summed E-state index contributed by atoms with van der Waals surface area (Å²) in [4.78, 5) is 49.7. The Morgan fingerprint density at radius 2 is 1.78 bits per heavy atom. The number of hydrogen-bond acceptors (Lipinski definition) is 7. The molecule has 9 nitrogen and oxygen atoms in total. The van der Waals surface area contributed by atoms with Crippen molar-refractivity contribution in [1.29, 1.82) is 0 Å². The number of phenolic OH excluding ortho intramolecular Hbond substituents is 1. The molecule has 36 heavy (non-hydrogen) atoms. The van der Waals surface area contributed by atoms with E-state index in [-0.39, 0.29) is 39.3 Å². The van der Waals surface area contributed by atoms with Gasteiger partial charge in [-0.15, -0.1) is 23.2 Å². The lowest BCUT2D eigenvalue weighted by molar-refractivity contribution is -0.173. The number of amides is 4. The number of ether oxygens (including phenoxy) is 1. The van der Waals surface area contributed by atoms with Crippen molar-refractivity contribution in [2.24, 2.45) is 17.8 Å². The number of hydrogen-bond donors (Lipinski definition) is 2. The molecule has 2 aliphatic carbocycles. The molecule has 0 bridgehead atoms. The third-order valence-electron chi connectivity index (χ3n) is 7.70. The van der Waals surface area contributed by atoms with Gasteiger partial charge in [0.15, 0.2) is 21.2 Å². The quantitative estimate of drug-likeness (QED) is 0.158. The zero-order chi connectivity index (χ0) is 26.5. The maximum atomic E-state index is 13.7. The molecule has 3 fully saturated rings. The fraction of sp³-hybridized carbons (Fsp3) is 0.455. The molecule has 1 saturated carbocycles. The SMILES string of the molecule is COc1cc([C@H]2C3=CC[C@@H]4C(=O)N(O)C(=O)[C@@H]4[C@@H]3C[C@@]3(Cl)C(=O)N(CBr)C(=O)[C@@]23Cl)c(Br)c(Br)c1O. The summed E-state index contributed by atoms with van der Waals surface area (Å²) in [6.45, 7) is 0. The minimum Gasteiger partial charge on any atom is -0.503 e. The summed E-state index contributed by atoms with van der Waals surface area (Å²) in [5.41, 5.74) is 0.764. The number of benzene rings is 1. The third-order valence-corrected chi connectivity index (χ3v) is 11.8. The van der Waals surface area contributed by atoms with Gasteiger partial charge in [0.2, 0.25) is 0 Å². The highest BCUT2D eigenvalue weighted by molar-refractivity contribution is 9.13. The van der Waals surface area contributed by atoms with E-state index in [0.717, 1.165) is 4.90 Å². The van der Waals surface area contributed by atoms with Crippen molar-refractivity contribution in [3.05, 3.63) is 32.2 Å². The van der Waals surface area contributed by atoms with Gasteiger partial charge in [0.1, 0.15) is 0 Å². The van der Waals surface area contributed by atoms with Crippen molar-refractivity contribution in [3.63, 3.8) is 0 Å². The van der Waals surface area contributed by atoms with Gasteiger partial charge in [-0.25, -0.2) is 0 Å². The zero-order valence-electron chi connectivity index (χ0n) is 18.3. The van der Waals surface area contributed by atoms with Gasteiger partial charge in [-0.05, 0) is 62.2 Å². The van der Waals surface area contributed by atoms with Gasteiger partial charge in [-0.3, -0.25) is 29.3 Å². The molecule has 0 unspecified atom stereocenters. The minimum atomic E-state index is -2.01. The number of nitrogens with zero attached hydrogens (tertiary/aromatic N) is 2. The Morgan fingerprint density at radius 1 is 1.11 bits per heavy atom. The summed E-state index contributed by atoms with van der Waals surface area (Å²) in [6, 6.07) is 1.49. The van der Waals surface area contributed by atoms with Crippen LogP contribution in [0, 0.1) is 17.8 Å². The average Bonchev–Trinajstić information content (AvgIpc) is 3.16. The van der Waals surface area contributed by atoms with Crippen LogP contribution in [0.25, 0.3) is 0 Å². The van der Waals surface area contributed by atoms with Crippen molar-refractivity contribution in [3.8, 4) is 11.5 Å². The van der Waals surface area contributed by atoms with E-state index in [9.17, 15) is 29.5 Å². The first-order chi connectivity index (χ1) is 16.9. The van der Waals surface area contributed by atoms with Crippen LogP contribution in [-0.2, 0) is 19.2 Å². The Morgan fingerprint density at radius 3 is 2.39 bits per heavy atom. The van der Waals surface area contributed by atoms with Crippen LogP contribution in [0.5, 0.6) is 11.5 Å². The van der Waals surface area contributed by atoms with Crippen molar-refractivity contribution >= 4 is 94.6 Å². The molecule has 14 heteroatoms. The lowest BCUT2D eigenvalue weighted by Gasteiger charge is -2.51. The van der Waals surface area contributed by atoms with E-state index < -0.39 is 57.0 Å². The first kappa shape index (κ1) is 26.4. The molecule has 2 aliphatic heterocycles. The summed E-state index contributed by atoms with van der Waals surface area (Å²) in [7, 11) is 1.35. The van der Waals surface area contributed by atoms with E-state index >= 15 is 0 Å². The van der Waals surface area contributed by atoms with Crippen LogP contribution in [0.2, 0.25) is 0 Å². The van der Waals surface area contributed by atoms with E-state index in [1.807, 2.05) is 0 Å². The molecule has 0 radical (unpaired) electrons. The van der Waals surface area contributed by atoms with Crippen LogP contribution in [0.4, 0.5) is 0 Å². The molecule has 1 aromatic rings. The Balaban J connectivity index is 1.81. The number of imide groups is 2. The molecule has 2 N–H and O–H groups in total. The molecule has 0 spiro atoms. The molecule has 192 valence electrons. The van der Waals surface area contributed by atoms with E-state index in [1.165, 1.54) is 13.2 Å². The average molecular weight is 732 g/mol. The number of phenols is 1. The summed E-state index contributed by atoms with van der Waals surface area (Å²) in [5.74, 6) is -6.76. The molecular formula is C22H17Br3Cl2N2O7. The number of methoxy groups -OCH3 is 1. The van der Waals surface area contributed by atoms with Gasteiger partial charge < -0.3 is 9.84 Å². The second-order valence-electron chi connectivity index (χ2n) is 9.12. The molecule has 2 heterocycles. The van der Waals surface area contributed by atoms with Gasteiger partial charge in [0, 0.05) is 10.4 Å². The highest BCUT2D eigenvalue weighted by atomic mass is 79.9. The second-order valence-corrected chi connectivity index (χ2v) is 12.4. The van der Waals surface area contributed by atoms with Gasteiger partial charge in [0.05, 0.1) is 28.9 Å². The predicted octanol–water partition coefficient (Wildman–Crippen LogP) is 4.03. The van der Waals surface area contributed by atoms with Crippen molar-refractivity contribution in [2.45, 2.75) is 28.5 Å². The third kappa shape index (κ3) is 3.08. The molecule has 4 amide bonds. The fourth-order valence-corrected chi connectivity index (χ4v) is 8.43. The standard InChI is InChI=1S/C22H17Br3Cl2N2O7/c1-36-11-4-9(14(24)15(25)16(11)30)13-7-2-3-8-12(18(32)29(35)17(8)31)10(7)5-21(26)19(33)28(6-23)20(34)22(13,21)27/h2,4,8,10,12-13,30,35H,3,5-6H2,1H3/t8-,10+,12-,13+,21+,22-/m0/s1.